The van der Waals surface area contributed by atoms with Crippen molar-refractivity contribution >= 4 is 29.2 Å². The molecular weight excluding hydrogens is 361 g/mol. The zero-order valence-electron chi connectivity index (χ0n) is 14.7. The largest absolute Gasteiger partial charge is 0.444 e. The summed E-state index contributed by atoms with van der Waals surface area (Å²) in [5, 5.41) is 6.86. The van der Waals surface area contributed by atoms with E-state index >= 15 is 0 Å². The molecular formula is C18H21ClFN3O3. The highest BCUT2D eigenvalue weighted by Crippen LogP contribution is 2.23. The van der Waals surface area contributed by atoms with Gasteiger partial charge in [-0.15, -0.1) is 0 Å². The highest BCUT2D eigenvalue weighted by atomic mass is 35.5. The van der Waals surface area contributed by atoms with Crippen molar-refractivity contribution in [1.29, 1.82) is 0 Å². The molecule has 0 aliphatic carbocycles. The summed E-state index contributed by atoms with van der Waals surface area (Å²) in [5.74, 6) is -0.315. The van der Waals surface area contributed by atoms with Crippen LogP contribution >= 0.6 is 11.6 Å². The van der Waals surface area contributed by atoms with Crippen LogP contribution in [0.3, 0.4) is 0 Å². The SMILES string of the molecule is CC(=O)CCCCn1cc(NC(=O)OCc2c(Cl)ccc(C)c2F)cn1. The molecule has 0 fully saturated rings. The number of hydrogen-bond donors (Lipinski definition) is 1. The molecule has 0 radical (unpaired) electrons. The van der Waals surface area contributed by atoms with Crippen molar-refractivity contribution in [3.05, 3.63) is 46.5 Å². The third-order valence-corrected chi connectivity index (χ3v) is 4.13. The standard InChI is InChI=1S/C18H21ClFN3O3/c1-12-6-7-16(19)15(17(12)20)11-26-18(25)22-14-9-21-23(10-14)8-4-3-5-13(2)24/h6-7,9-10H,3-5,8,11H2,1-2H3,(H,22,25). The lowest BCUT2D eigenvalue weighted by atomic mass is 10.1. The molecule has 8 heteroatoms. The number of halogens is 2. The molecule has 2 rings (SSSR count). The predicted octanol–water partition coefficient (Wildman–Crippen LogP) is 4.49. The van der Waals surface area contributed by atoms with Crippen LogP contribution in [0.15, 0.2) is 24.5 Å². The van der Waals surface area contributed by atoms with Crippen molar-refractivity contribution in [3.63, 3.8) is 0 Å². The first-order valence-corrected chi connectivity index (χ1v) is 8.63. The van der Waals surface area contributed by atoms with Crippen LogP contribution in [0.2, 0.25) is 5.02 Å². The molecule has 0 saturated heterocycles. The molecule has 0 spiro atoms. The van der Waals surface area contributed by atoms with Gasteiger partial charge in [0.25, 0.3) is 0 Å². The van der Waals surface area contributed by atoms with Gasteiger partial charge >= 0.3 is 6.09 Å². The van der Waals surface area contributed by atoms with Crippen molar-refractivity contribution in [2.24, 2.45) is 0 Å². The van der Waals surface area contributed by atoms with Crippen LogP contribution in [0.5, 0.6) is 0 Å². The number of nitrogens with one attached hydrogen (secondary N) is 1. The van der Waals surface area contributed by atoms with E-state index in [1.807, 2.05) is 0 Å². The molecule has 1 N–H and O–H groups in total. The number of amides is 1. The monoisotopic (exact) mass is 381 g/mol. The quantitative estimate of drug-likeness (QED) is 0.683. The summed E-state index contributed by atoms with van der Waals surface area (Å²) in [7, 11) is 0. The average Bonchev–Trinajstić information content (AvgIpc) is 3.02. The number of ether oxygens (including phenoxy) is 1. The van der Waals surface area contributed by atoms with Crippen molar-refractivity contribution in [3.8, 4) is 0 Å². The van der Waals surface area contributed by atoms with Crippen molar-refractivity contribution in [2.75, 3.05) is 5.32 Å². The van der Waals surface area contributed by atoms with E-state index < -0.39 is 11.9 Å². The second kappa shape index (κ2) is 9.33. The summed E-state index contributed by atoms with van der Waals surface area (Å²) in [6.45, 7) is 3.56. The van der Waals surface area contributed by atoms with E-state index in [4.69, 9.17) is 16.3 Å². The van der Waals surface area contributed by atoms with Crippen LogP contribution < -0.4 is 5.32 Å². The van der Waals surface area contributed by atoms with Gasteiger partial charge in [0.2, 0.25) is 0 Å². The minimum atomic E-state index is -0.724. The Kier molecular flexibility index (Phi) is 7.15. The smallest absolute Gasteiger partial charge is 0.412 e. The van der Waals surface area contributed by atoms with Gasteiger partial charge < -0.3 is 9.53 Å². The molecule has 26 heavy (non-hydrogen) atoms. The molecule has 0 bridgehead atoms. The first kappa shape index (κ1) is 19.9. The summed E-state index contributed by atoms with van der Waals surface area (Å²) in [5.41, 5.74) is 1.04. The third kappa shape index (κ3) is 5.84. The number of Topliss-reactive ketones (excluding diaryl/α,β-unsaturated/α-hetero) is 1. The summed E-state index contributed by atoms with van der Waals surface area (Å²) < 4.78 is 20.7. The second-order valence-electron chi connectivity index (χ2n) is 6.01. The fraction of sp³-hybridized carbons (Fsp3) is 0.389. The number of carbonyl (C=O) groups is 2. The summed E-state index contributed by atoms with van der Waals surface area (Å²) >= 11 is 5.94. The van der Waals surface area contributed by atoms with Crippen LogP contribution in [0.4, 0.5) is 14.9 Å². The van der Waals surface area contributed by atoms with E-state index in [-0.39, 0.29) is 23.0 Å². The number of aryl methyl sites for hydroxylation is 2. The third-order valence-electron chi connectivity index (χ3n) is 3.77. The minimum absolute atomic E-state index is 0.142. The topological polar surface area (TPSA) is 73.2 Å². The van der Waals surface area contributed by atoms with Gasteiger partial charge in [0.05, 0.1) is 16.9 Å². The van der Waals surface area contributed by atoms with Crippen LogP contribution in [-0.4, -0.2) is 21.7 Å². The molecule has 0 aliphatic heterocycles. The fourth-order valence-corrected chi connectivity index (χ4v) is 2.54. The zero-order valence-corrected chi connectivity index (χ0v) is 15.5. The van der Waals surface area contributed by atoms with Gasteiger partial charge in [-0.25, -0.2) is 9.18 Å². The number of benzene rings is 1. The number of ketones is 1. The number of anilines is 1. The number of rotatable bonds is 8. The maximum absolute atomic E-state index is 14.0. The molecule has 6 nitrogen and oxygen atoms in total. The van der Waals surface area contributed by atoms with E-state index in [1.54, 1.807) is 36.9 Å². The highest BCUT2D eigenvalue weighted by Gasteiger charge is 2.13. The molecule has 2 aromatic rings. The molecule has 1 aromatic carbocycles. The van der Waals surface area contributed by atoms with Crippen molar-refractivity contribution in [1.82, 2.24) is 9.78 Å². The Balaban J connectivity index is 1.82. The Labute approximate surface area is 156 Å². The number of carbonyl (C=O) groups excluding carboxylic acids is 2. The molecule has 1 heterocycles. The summed E-state index contributed by atoms with van der Waals surface area (Å²) in [4.78, 5) is 22.8. The molecule has 140 valence electrons. The van der Waals surface area contributed by atoms with Gasteiger partial charge in [0.1, 0.15) is 18.2 Å². The number of nitrogens with zero attached hydrogens (tertiary/aromatic N) is 2. The Morgan fingerprint density at radius 2 is 2.12 bits per heavy atom. The Bertz CT molecular complexity index is 792. The van der Waals surface area contributed by atoms with Crippen LogP contribution in [0.1, 0.15) is 37.3 Å². The van der Waals surface area contributed by atoms with Gasteiger partial charge in [-0.1, -0.05) is 17.7 Å². The second-order valence-corrected chi connectivity index (χ2v) is 6.42. The van der Waals surface area contributed by atoms with Gasteiger partial charge in [0.15, 0.2) is 0 Å². The van der Waals surface area contributed by atoms with Gasteiger partial charge in [-0.05, 0) is 38.3 Å². The first-order valence-electron chi connectivity index (χ1n) is 8.26. The highest BCUT2D eigenvalue weighted by molar-refractivity contribution is 6.31. The summed E-state index contributed by atoms with van der Waals surface area (Å²) in [6, 6.07) is 3.12. The molecule has 0 atom stereocenters. The lowest BCUT2D eigenvalue weighted by Gasteiger charge is -2.09. The lowest BCUT2D eigenvalue weighted by Crippen LogP contribution is -2.14. The maximum Gasteiger partial charge on any atom is 0.412 e. The van der Waals surface area contributed by atoms with Crippen LogP contribution in [-0.2, 0) is 22.7 Å². The number of aromatic nitrogens is 2. The average molecular weight is 382 g/mol. The van der Waals surface area contributed by atoms with E-state index in [0.717, 1.165) is 12.8 Å². The molecule has 0 saturated carbocycles. The van der Waals surface area contributed by atoms with Crippen LogP contribution in [0.25, 0.3) is 0 Å². The normalized spacial score (nSPS) is 10.6. The molecule has 1 aromatic heterocycles. The Hall–Kier alpha value is -2.41. The number of hydrogen-bond acceptors (Lipinski definition) is 4. The predicted molar refractivity (Wildman–Crippen MR) is 96.7 cm³/mol. The van der Waals surface area contributed by atoms with Gasteiger partial charge in [0, 0.05) is 24.7 Å². The Morgan fingerprint density at radius 1 is 1.35 bits per heavy atom. The van der Waals surface area contributed by atoms with E-state index in [1.165, 1.54) is 6.20 Å². The van der Waals surface area contributed by atoms with Crippen LogP contribution in [0, 0.1) is 12.7 Å². The van der Waals surface area contributed by atoms with Crippen molar-refractivity contribution < 1.29 is 18.7 Å². The molecule has 0 aliphatic rings. The molecule has 1 amide bonds. The molecule has 0 unspecified atom stereocenters. The summed E-state index contributed by atoms with van der Waals surface area (Å²) in [6.07, 6.45) is 4.59. The zero-order chi connectivity index (χ0) is 19.1. The fourth-order valence-electron chi connectivity index (χ4n) is 2.34. The maximum atomic E-state index is 14.0. The first-order chi connectivity index (χ1) is 12.4. The number of unbranched alkanes of at least 4 members (excludes halogenated alkanes) is 1. The van der Waals surface area contributed by atoms with Crippen molar-refractivity contribution in [2.45, 2.75) is 46.3 Å². The Morgan fingerprint density at radius 3 is 2.85 bits per heavy atom. The minimum Gasteiger partial charge on any atom is -0.444 e. The van der Waals surface area contributed by atoms with E-state index in [0.29, 0.717) is 24.2 Å². The van der Waals surface area contributed by atoms with E-state index in [2.05, 4.69) is 10.4 Å². The van der Waals surface area contributed by atoms with Gasteiger partial charge in [-0.2, -0.15) is 5.10 Å². The van der Waals surface area contributed by atoms with Gasteiger partial charge in [-0.3, -0.25) is 10.00 Å². The lowest BCUT2D eigenvalue weighted by molar-refractivity contribution is -0.117. The van der Waals surface area contributed by atoms with E-state index in [9.17, 15) is 14.0 Å².